The van der Waals surface area contributed by atoms with Crippen molar-refractivity contribution >= 4 is 5.69 Å². The highest BCUT2D eigenvalue weighted by molar-refractivity contribution is 5.65. The fraction of sp³-hybridized carbons (Fsp3) is 0.533. The van der Waals surface area contributed by atoms with E-state index in [4.69, 9.17) is 10.5 Å². The minimum absolute atomic E-state index is 0.300. The zero-order valence-corrected chi connectivity index (χ0v) is 12.5. The predicted molar refractivity (Wildman–Crippen MR) is 80.6 cm³/mol. The first kappa shape index (κ1) is 14.0. The fourth-order valence-electron chi connectivity index (χ4n) is 2.68. The second-order valence-corrected chi connectivity index (χ2v) is 5.98. The first-order valence-electron chi connectivity index (χ1n) is 7.25. The molecule has 0 aliphatic heterocycles. The Morgan fingerprint density at radius 1 is 1.38 bits per heavy atom. The van der Waals surface area contributed by atoms with Gasteiger partial charge in [0.05, 0.1) is 6.54 Å². The molecule has 1 aliphatic carbocycles. The maximum Gasteiger partial charge on any atom is 0.182 e. The van der Waals surface area contributed by atoms with Crippen LogP contribution >= 0.6 is 0 Å². The van der Waals surface area contributed by atoms with Crippen molar-refractivity contribution in [2.24, 2.45) is 5.41 Å². The van der Waals surface area contributed by atoms with Gasteiger partial charge in [-0.3, -0.25) is 0 Å². The molecule has 1 fully saturated rings. The van der Waals surface area contributed by atoms with Gasteiger partial charge in [-0.05, 0) is 59.7 Å². The lowest BCUT2D eigenvalue weighted by Gasteiger charge is -2.15. The number of ether oxygens (including phenoxy) is 1. The van der Waals surface area contributed by atoms with Crippen molar-refractivity contribution in [3.8, 4) is 11.4 Å². The van der Waals surface area contributed by atoms with Crippen molar-refractivity contribution in [1.82, 2.24) is 20.2 Å². The summed E-state index contributed by atoms with van der Waals surface area (Å²) in [7, 11) is 1.74. The number of aromatic nitrogens is 4. The van der Waals surface area contributed by atoms with Gasteiger partial charge in [0.1, 0.15) is 0 Å². The average molecular weight is 287 g/mol. The van der Waals surface area contributed by atoms with E-state index in [1.165, 1.54) is 12.8 Å². The molecule has 0 amide bonds. The molecule has 2 N–H and O–H groups in total. The molecule has 2 aromatic rings. The van der Waals surface area contributed by atoms with Gasteiger partial charge < -0.3 is 10.5 Å². The van der Waals surface area contributed by atoms with E-state index in [1.54, 1.807) is 7.11 Å². The van der Waals surface area contributed by atoms with Gasteiger partial charge in [-0.25, -0.2) is 4.68 Å². The molecular weight excluding hydrogens is 266 g/mol. The zero-order valence-electron chi connectivity index (χ0n) is 12.5. The molecule has 1 heterocycles. The Hall–Kier alpha value is -1.95. The van der Waals surface area contributed by atoms with Crippen LogP contribution in [0.1, 0.15) is 24.8 Å². The lowest BCUT2D eigenvalue weighted by molar-refractivity contribution is 0.165. The van der Waals surface area contributed by atoms with Gasteiger partial charge in [-0.2, -0.15) is 0 Å². The number of benzene rings is 1. The van der Waals surface area contributed by atoms with Crippen LogP contribution in [0.2, 0.25) is 0 Å². The molecular formula is C15H21N5O. The smallest absolute Gasteiger partial charge is 0.182 e. The van der Waals surface area contributed by atoms with Gasteiger partial charge in [0.15, 0.2) is 5.82 Å². The maximum absolute atomic E-state index is 5.89. The Balaban J connectivity index is 1.86. The average Bonchev–Trinajstić information content (AvgIpc) is 3.08. The Morgan fingerprint density at radius 2 is 2.19 bits per heavy atom. The third kappa shape index (κ3) is 2.90. The van der Waals surface area contributed by atoms with Gasteiger partial charge in [0.2, 0.25) is 0 Å². The third-order valence-electron chi connectivity index (χ3n) is 4.31. The SMILES string of the molecule is COCCC1(Cn2nnnc2-c2cc(N)ccc2C)CC1. The van der Waals surface area contributed by atoms with Crippen molar-refractivity contribution in [2.75, 3.05) is 19.5 Å². The Labute approximate surface area is 124 Å². The van der Waals surface area contributed by atoms with Crippen LogP contribution < -0.4 is 5.73 Å². The number of aryl methyl sites for hydroxylation is 1. The van der Waals surface area contributed by atoms with Gasteiger partial charge in [-0.15, -0.1) is 5.10 Å². The molecule has 6 heteroatoms. The van der Waals surface area contributed by atoms with Gasteiger partial charge in [-0.1, -0.05) is 6.07 Å². The number of anilines is 1. The van der Waals surface area contributed by atoms with E-state index in [2.05, 4.69) is 15.5 Å². The van der Waals surface area contributed by atoms with E-state index in [0.29, 0.717) is 5.41 Å². The van der Waals surface area contributed by atoms with Crippen molar-refractivity contribution < 1.29 is 4.74 Å². The number of nitrogen functional groups attached to an aromatic ring is 1. The lowest BCUT2D eigenvalue weighted by atomic mass is 10.0. The normalized spacial score (nSPS) is 16.1. The summed E-state index contributed by atoms with van der Waals surface area (Å²) in [6, 6.07) is 5.84. The van der Waals surface area contributed by atoms with E-state index < -0.39 is 0 Å². The minimum Gasteiger partial charge on any atom is -0.399 e. The Bertz CT molecular complexity index is 633. The van der Waals surface area contributed by atoms with E-state index >= 15 is 0 Å². The maximum atomic E-state index is 5.89. The summed E-state index contributed by atoms with van der Waals surface area (Å²) in [6.07, 6.45) is 3.48. The summed E-state index contributed by atoms with van der Waals surface area (Å²) in [5.74, 6) is 0.795. The van der Waals surface area contributed by atoms with Crippen LogP contribution in [0.4, 0.5) is 5.69 Å². The molecule has 0 radical (unpaired) electrons. The summed E-state index contributed by atoms with van der Waals surface area (Å²) < 4.78 is 7.12. The molecule has 3 rings (SSSR count). The van der Waals surface area contributed by atoms with Gasteiger partial charge in [0.25, 0.3) is 0 Å². The van der Waals surface area contributed by atoms with E-state index in [1.807, 2.05) is 29.8 Å². The summed E-state index contributed by atoms with van der Waals surface area (Å²) in [5.41, 5.74) is 9.05. The number of methoxy groups -OCH3 is 1. The molecule has 6 nitrogen and oxygen atoms in total. The quantitative estimate of drug-likeness (QED) is 0.823. The van der Waals surface area contributed by atoms with Crippen LogP contribution in [-0.4, -0.2) is 33.9 Å². The van der Waals surface area contributed by atoms with E-state index in [-0.39, 0.29) is 0 Å². The highest BCUT2D eigenvalue weighted by Gasteiger charge is 2.43. The molecule has 0 saturated heterocycles. The molecule has 0 atom stereocenters. The van der Waals surface area contributed by atoms with Crippen LogP contribution in [0.3, 0.4) is 0 Å². The number of hydrogen-bond acceptors (Lipinski definition) is 5. The predicted octanol–water partition coefficient (Wildman–Crippen LogP) is 2.05. The summed E-state index contributed by atoms with van der Waals surface area (Å²) in [6.45, 7) is 3.67. The van der Waals surface area contributed by atoms with Crippen molar-refractivity contribution in [1.29, 1.82) is 0 Å². The standard InChI is InChI=1S/C15H21N5O/c1-11-3-4-12(16)9-13(11)14-17-18-19-20(14)10-15(5-6-15)7-8-21-2/h3-4,9H,5-8,10,16H2,1-2H3. The van der Waals surface area contributed by atoms with Crippen LogP contribution in [0, 0.1) is 12.3 Å². The topological polar surface area (TPSA) is 78.8 Å². The number of tetrazole rings is 1. The summed E-state index contributed by atoms with van der Waals surface area (Å²) in [5, 5.41) is 12.2. The van der Waals surface area contributed by atoms with Crippen molar-refractivity contribution in [2.45, 2.75) is 32.7 Å². The Morgan fingerprint density at radius 3 is 2.90 bits per heavy atom. The molecule has 1 saturated carbocycles. The monoisotopic (exact) mass is 287 g/mol. The molecule has 21 heavy (non-hydrogen) atoms. The Kier molecular flexibility index (Phi) is 3.63. The second-order valence-electron chi connectivity index (χ2n) is 5.98. The zero-order chi connectivity index (χ0) is 14.9. The summed E-state index contributed by atoms with van der Waals surface area (Å²) in [4.78, 5) is 0. The number of rotatable bonds is 6. The number of hydrogen-bond donors (Lipinski definition) is 1. The van der Waals surface area contributed by atoms with E-state index in [0.717, 1.165) is 42.2 Å². The molecule has 0 spiro atoms. The fourth-order valence-corrected chi connectivity index (χ4v) is 2.68. The van der Waals surface area contributed by atoms with E-state index in [9.17, 15) is 0 Å². The molecule has 0 unspecified atom stereocenters. The van der Waals surface area contributed by atoms with Crippen LogP contribution in [0.15, 0.2) is 18.2 Å². The molecule has 112 valence electrons. The van der Waals surface area contributed by atoms with Crippen LogP contribution in [0.25, 0.3) is 11.4 Å². The van der Waals surface area contributed by atoms with Gasteiger partial charge in [0, 0.05) is 25.0 Å². The van der Waals surface area contributed by atoms with Crippen LogP contribution in [-0.2, 0) is 11.3 Å². The second kappa shape index (κ2) is 5.44. The summed E-state index contributed by atoms with van der Waals surface area (Å²) >= 11 is 0. The first-order chi connectivity index (χ1) is 10.1. The highest BCUT2D eigenvalue weighted by atomic mass is 16.5. The third-order valence-corrected chi connectivity index (χ3v) is 4.31. The molecule has 1 aliphatic rings. The minimum atomic E-state index is 0.300. The van der Waals surface area contributed by atoms with Crippen molar-refractivity contribution in [3.63, 3.8) is 0 Å². The van der Waals surface area contributed by atoms with Gasteiger partial charge >= 0.3 is 0 Å². The largest absolute Gasteiger partial charge is 0.399 e. The molecule has 1 aromatic heterocycles. The number of nitrogens with two attached hydrogens (primary N) is 1. The highest BCUT2D eigenvalue weighted by Crippen LogP contribution is 2.50. The first-order valence-corrected chi connectivity index (χ1v) is 7.25. The molecule has 1 aromatic carbocycles. The van der Waals surface area contributed by atoms with Crippen molar-refractivity contribution in [3.05, 3.63) is 23.8 Å². The molecule has 0 bridgehead atoms. The lowest BCUT2D eigenvalue weighted by Crippen LogP contribution is -2.16. The number of nitrogens with zero attached hydrogens (tertiary/aromatic N) is 4. The van der Waals surface area contributed by atoms with Crippen LogP contribution in [0.5, 0.6) is 0 Å².